The van der Waals surface area contributed by atoms with Crippen LogP contribution in [0.15, 0.2) is 52.4 Å². The second-order valence-electron chi connectivity index (χ2n) is 9.38. The molecule has 0 aromatic rings. The number of nitrogens with one attached hydrogen (secondary N) is 2. The maximum atomic E-state index is 12.5. The zero-order valence-electron chi connectivity index (χ0n) is 18.1. The number of hydrazine groups is 1. The minimum absolute atomic E-state index is 0.0202. The Bertz CT molecular complexity index is 749. The number of carbonyl (C=O) groups is 1. The zero-order chi connectivity index (χ0) is 21.0. The van der Waals surface area contributed by atoms with Crippen LogP contribution in [0.2, 0.25) is 0 Å². The van der Waals surface area contributed by atoms with Crippen LogP contribution >= 0.6 is 0 Å². The van der Waals surface area contributed by atoms with E-state index in [1.807, 2.05) is 31.9 Å². The lowest BCUT2D eigenvalue weighted by atomic mass is 9.83. The number of nitroso groups, excluding NO2 is 1. The van der Waals surface area contributed by atoms with Gasteiger partial charge >= 0.3 is 0 Å². The molecule has 1 amide bonds. The molecule has 158 valence electrons. The first kappa shape index (κ1) is 21.5. The Hall–Kier alpha value is -2.21. The molecule has 2 heterocycles. The molecule has 0 saturated carbocycles. The van der Waals surface area contributed by atoms with Crippen LogP contribution < -0.4 is 10.9 Å². The molecule has 0 radical (unpaired) electrons. The lowest BCUT2D eigenvalue weighted by Crippen LogP contribution is -2.47. The molecule has 29 heavy (non-hydrogen) atoms. The second kappa shape index (κ2) is 9.08. The second-order valence-corrected chi connectivity index (χ2v) is 9.38. The van der Waals surface area contributed by atoms with Gasteiger partial charge in [0.1, 0.15) is 0 Å². The molecule has 0 bridgehead atoms. The molecule has 3 rings (SSSR count). The molecule has 1 aliphatic carbocycles. The molecule has 3 aliphatic rings. The molecular weight excluding hydrogens is 364 g/mol. The van der Waals surface area contributed by atoms with E-state index in [1.165, 1.54) is 16.7 Å². The highest BCUT2D eigenvalue weighted by molar-refractivity contribution is 5.81. The highest BCUT2D eigenvalue weighted by Crippen LogP contribution is 2.32. The van der Waals surface area contributed by atoms with Crippen LogP contribution in [0.3, 0.4) is 0 Å². The predicted molar refractivity (Wildman–Crippen MR) is 117 cm³/mol. The summed E-state index contributed by atoms with van der Waals surface area (Å²) in [6, 6.07) is -0.246. The van der Waals surface area contributed by atoms with Gasteiger partial charge in [-0.05, 0) is 55.2 Å². The Morgan fingerprint density at radius 2 is 2.00 bits per heavy atom. The molecule has 2 atom stereocenters. The maximum Gasteiger partial charge on any atom is 0.227 e. The van der Waals surface area contributed by atoms with Crippen molar-refractivity contribution in [3.05, 3.63) is 52.1 Å². The summed E-state index contributed by atoms with van der Waals surface area (Å²) in [5, 5.41) is 3.53. The summed E-state index contributed by atoms with van der Waals surface area (Å²) >= 11 is 0. The normalized spacial score (nSPS) is 24.2. The van der Waals surface area contributed by atoms with E-state index in [4.69, 9.17) is 0 Å². The van der Waals surface area contributed by atoms with Crippen LogP contribution in [-0.4, -0.2) is 36.0 Å². The first-order chi connectivity index (χ1) is 13.8. The summed E-state index contributed by atoms with van der Waals surface area (Å²) in [6.07, 6.45) is 13.6. The molecule has 2 unspecified atom stereocenters. The average Bonchev–Trinajstić information content (AvgIpc) is 3.02. The van der Waals surface area contributed by atoms with E-state index < -0.39 is 0 Å². The fourth-order valence-electron chi connectivity index (χ4n) is 4.48. The number of hydrogen-bond donors (Lipinski definition) is 2. The summed E-state index contributed by atoms with van der Waals surface area (Å²) in [7, 11) is 0. The van der Waals surface area contributed by atoms with Gasteiger partial charge in [0.15, 0.2) is 0 Å². The van der Waals surface area contributed by atoms with Crippen LogP contribution in [0.5, 0.6) is 0 Å². The number of carbonyl (C=O) groups excluding carboxylic acids is 1. The van der Waals surface area contributed by atoms with E-state index in [-0.39, 0.29) is 29.3 Å². The van der Waals surface area contributed by atoms with Gasteiger partial charge in [-0.15, -0.1) is 0 Å². The van der Waals surface area contributed by atoms with E-state index in [9.17, 15) is 9.70 Å². The largest absolute Gasteiger partial charge is 0.342 e. The Morgan fingerprint density at radius 1 is 1.28 bits per heavy atom. The van der Waals surface area contributed by atoms with Crippen LogP contribution in [0.4, 0.5) is 0 Å². The molecular formula is C23H34N4O2. The quantitative estimate of drug-likeness (QED) is 0.702. The molecule has 1 saturated heterocycles. The minimum atomic E-state index is -0.362. The molecule has 6 heteroatoms. The Morgan fingerprint density at radius 3 is 2.66 bits per heavy atom. The van der Waals surface area contributed by atoms with Gasteiger partial charge < -0.3 is 10.3 Å². The SMILES string of the molecule is CC1=CNNC(CC(N=O)C2CCN(C(=O)C(C)(C)C)CC2)C2=C1CC=CC=C2. The number of rotatable bonds is 4. The van der Waals surface area contributed by atoms with E-state index in [0.29, 0.717) is 19.5 Å². The third-order valence-electron chi connectivity index (χ3n) is 6.22. The van der Waals surface area contributed by atoms with Gasteiger partial charge in [-0.1, -0.05) is 50.3 Å². The van der Waals surface area contributed by atoms with Gasteiger partial charge in [0.05, 0.1) is 12.1 Å². The minimum Gasteiger partial charge on any atom is -0.342 e. The van der Waals surface area contributed by atoms with Crippen molar-refractivity contribution in [1.82, 2.24) is 15.8 Å². The van der Waals surface area contributed by atoms with Crippen molar-refractivity contribution in [3.8, 4) is 0 Å². The monoisotopic (exact) mass is 398 g/mol. The fraction of sp³-hybridized carbons (Fsp3) is 0.609. The number of nitrogens with zero attached hydrogens (tertiary/aromatic N) is 2. The van der Waals surface area contributed by atoms with Crippen molar-refractivity contribution in [2.45, 2.75) is 65.5 Å². The lowest BCUT2D eigenvalue weighted by Gasteiger charge is -2.37. The van der Waals surface area contributed by atoms with E-state index >= 15 is 0 Å². The van der Waals surface area contributed by atoms with E-state index in [0.717, 1.165) is 19.3 Å². The van der Waals surface area contributed by atoms with Gasteiger partial charge in [-0.3, -0.25) is 4.79 Å². The van der Waals surface area contributed by atoms with Crippen molar-refractivity contribution in [2.24, 2.45) is 16.5 Å². The summed E-state index contributed by atoms with van der Waals surface area (Å²) in [5.41, 5.74) is 9.92. The van der Waals surface area contributed by atoms with Crippen LogP contribution in [-0.2, 0) is 4.79 Å². The zero-order valence-corrected chi connectivity index (χ0v) is 18.1. The topological polar surface area (TPSA) is 73.8 Å². The van der Waals surface area contributed by atoms with Gasteiger partial charge in [0.25, 0.3) is 0 Å². The molecule has 0 spiro atoms. The molecule has 0 aromatic heterocycles. The van der Waals surface area contributed by atoms with Gasteiger partial charge in [0.2, 0.25) is 5.91 Å². The van der Waals surface area contributed by atoms with Crippen molar-refractivity contribution in [2.75, 3.05) is 13.1 Å². The Labute approximate surface area is 174 Å². The fourth-order valence-corrected chi connectivity index (χ4v) is 4.48. The lowest BCUT2D eigenvalue weighted by molar-refractivity contribution is -0.141. The van der Waals surface area contributed by atoms with E-state index in [1.54, 1.807) is 0 Å². The average molecular weight is 399 g/mol. The van der Waals surface area contributed by atoms with Crippen LogP contribution in [0.25, 0.3) is 0 Å². The third-order valence-corrected chi connectivity index (χ3v) is 6.22. The van der Waals surface area contributed by atoms with Gasteiger partial charge in [-0.25, -0.2) is 5.43 Å². The smallest absolute Gasteiger partial charge is 0.227 e. The van der Waals surface area contributed by atoms with Gasteiger partial charge in [0, 0.05) is 24.7 Å². The molecule has 1 fully saturated rings. The number of likely N-dealkylation sites (tertiary alicyclic amines) is 1. The summed E-state index contributed by atoms with van der Waals surface area (Å²) in [4.78, 5) is 26.3. The van der Waals surface area contributed by atoms with Crippen LogP contribution in [0.1, 0.15) is 53.4 Å². The predicted octanol–water partition coefficient (Wildman–Crippen LogP) is 3.99. The first-order valence-corrected chi connectivity index (χ1v) is 10.7. The van der Waals surface area contributed by atoms with Crippen molar-refractivity contribution in [3.63, 3.8) is 0 Å². The summed E-state index contributed by atoms with van der Waals surface area (Å²) in [6.45, 7) is 9.40. The van der Waals surface area contributed by atoms with Crippen LogP contribution in [0, 0.1) is 16.2 Å². The molecule has 2 N–H and O–H groups in total. The highest BCUT2D eigenvalue weighted by atomic mass is 16.3. The Balaban J connectivity index is 1.68. The standard InChI is InChI=1S/C23H34N4O2/c1-16-15-24-25-21(19-9-7-5-6-8-18(16)19)14-20(26-29)17-10-12-27(13-11-17)22(28)23(2,3)4/h5-7,9,15,17,20-21,24-25H,8,10-14H2,1-4H3. The van der Waals surface area contributed by atoms with Crippen molar-refractivity contribution < 1.29 is 4.79 Å². The number of piperidine rings is 1. The first-order valence-electron chi connectivity index (χ1n) is 10.7. The number of amides is 1. The molecule has 6 nitrogen and oxygen atoms in total. The van der Waals surface area contributed by atoms with E-state index in [2.05, 4.69) is 47.3 Å². The summed E-state index contributed by atoms with van der Waals surface area (Å²) in [5.74, 6) is 0.404. The number of hydrogen-bond acceptors (Lipinski definition) is 5. The summed E-state index contributed by atoms with van der Waals surface area (Å²) < 4.78 is 0. The molecule has 2 aliphatic heterocycles. The maximum absolute atomic E-state index is 12.5. The third kappa shape index (κ3) is 5.04. The van der Waals surface area contributed by atoms with Gasteiger partial charge in [-0.2, -0.15) is 4.91 Å². The van der Waals surface area contributed by atoms with Crippen molar-refractivity contribution in [1.29, 1.82) is 0 Å². The number of allylic oxidation sites excluding steroid dienone is 5. The van der Waals surface area contributed by atoms with Crippen molar-refractivity contribution >= 4 is 5.91 Å². The highest BCUT2D eigenvalue weighted by Gasteiger charge is 2.35. The molecule has 0 aromatic carbocycles. The Kier molecular flexibility index (Phi) is 6.73.